The normalized spacial score (nSPS) is 18.9. The molecule has 0 spiro atoms. The van der Waals surface area contributed by atoms with Crippen LogP contribution >= 0.6 is 11.6 Å². The molecule has 3 rings (SSSR count). The van der Waals surface area contributed by atoms with Gasteiger partial charge in [-0.1, -0.05) is 23.7 Å². The molecule has 1 heterocycles. The Balaban J connectivity index is 1.39. The van der Waals surface area contributed by atoms with Gasteiger partial charge in [-0.2, -0.15) is 0 Å². The molecule has 1 saturated carbocycles. The fourth-order valence-electron chi connectivity index (χ4n) is 3.39. The van der Waals surface area contributed by atoms with E-state index in [-0.39, 0.29) is 24.0 Å². The second-order valence-electron chi connectivity index (χ2n) is 7.11. The molecule has 1 aromatic heterocycles. The minimum Gasteiger partial charge on any atom is -0.349 e. The first-order chi connectivity index (χ1) is 13.5. The summed E-state index contributed by atoms with van der Waals surface area (Å²) in [6.07, 6.45) is 5.04. The quantitative estimate of drug-likeness (QED) is 0.717. The Labute approximate surface area is 170 Å². The lowest BCUT2D eigenvalue weighted by atomic mass is 9.91. The highest BCUT2D eigenvalue weighted by Crippen LogP contribution is 2.19. The van der Waals surface area contributed by atoms with E-state index < -0.39 is 0 Å². The van der Waals surface area contributed by atoms with Crippen LogP contribution in [0.2, 0.25) is 5.02 Å². The van der Waals surface area contributed by atoms with Gasteiger partial charge in [0.1, 0.15) is 0 Å². The highest BCUT2D eigenvalue weighted by atomic mass is 35.5. The van der Waals surface area contributed by atoms with Crippen LogP contribution in [-0.4, -0.2) is 29.0 Å². The molecule has 0 radical (unpaired) electrons. The summed E-state index contributed by atoms with van der Waals surface area (Å²) in [6.45, 7) is 2.29. The minimum absolute atomic E-state index is 0.0808. The molecule has 0 bridgehead atoms. The van der Waals surface area contributed by atoms with Crippen molar-refractivity contribution in [1.29, 1.82) is 0 Å². The number of nitrogens with one attached hydrogen (secondary N) is 3. The van der Waals surface area contributed by atoms with Gasteiger partial charge in [0.15, 0.2) is 0 Å². The number of aromatic nitrogens is 1. The van der Waals surface area contributed by atoms with Crippen LogP contribution in [0.5, 0.6) is 0 Å². The van der Waals surface area contributed by atoms with Crippen molar-refractivity contribution in [2.45, 2.75) is 51.2 Å². The van der Waals surface area contributed by atoms with Gasteiger partial charge in [0.05, 0.1) is 5.56 Å². The Morgan fingerprint density at radius 3 is 2.32 bits per heavy atom. The number of hydrogen-bond acceptors (Lipinski definition) is 3. The molecule has 7 heteroatoms. The summed E-state index contributed by atoms with van der Waals surface area (Å²) in [6, 6.07) is 11.0. The first-order valence-electron chi connectivity index (χ1n) is 9.52. The average Bonchev–Trinajstić information content (AvgIpc) is 2.69. The Bertz CT molecular complexity index is 817. The van der Waals surface area contributed by atoms with Gasteiger partial charge in [-0.3, -0.25) is 9.78 Å². The monoisotopic (exact) mass is 400 g/mol. The standard InChI is InChI=1S/C21H25ClN4O2/c1-14-19(3-2-12-23-14)20(27)25-17-8-10-18(11-9-17)26-21(28)24-13-15-4-6-16(22)7-5-15/h2-7,12,17-18H,8-11,13H2,1H3,(H,25,27)(H2,24,26,28). The third-order valence-corrected chi connectivity index (χ3v) is 5.27. The van der Waals surface area contributed by atoms with Crippen molar-refractivity contribution in [2.75, 3.05) is 0 Å². The zero-order valence-electron chi connectivity index (χ0n) is 15.9. The van der Waals surface area contributed by atoms with Crippen LogP contribution < -0.4 is 16.0 Å². The maximum Gasteiger partial charge on any atom is 0.315 e. The van der Waals surface area contributed by atoms with Crippen LogP contribution in [0.25, 0.3) is 0 Å². The van der Waals surface area contributed by atoms with E-state index in [0.29, 0.717) is 17.1 Å². The Kier molecular flexibility index (Phi) is 6.87. The van der Waals surface area contributed by atoms with E-state index in [2.05, 4.69) is 20.9 Å². The number of halogens is 1. The van der Waals surface area contributed by atoms with Crippen LogP contribution in [0.15, 0.2) is 42.6 Å². The van der Waals surface area contributed by atoms with Gasteiger partial charge in [-0.05, 0) is 62.4 Å². The topological polar surface area (TPSA) is 83.1 Å². The number of rotatable bonds is 5. The first-order valence-corrected chi connectivity index (χ1v) is 9.90. The van der Waals surface area contributed by atoms with E-state index >= 15 is 0 Å². The van der Waals surface area contributed by atoms with E-state index in [1.807, 2.05) is 19.1 Å². The molecular weight excluding hydrogens is 376 g/mol. The average molecular weight is 401 g/mol. The van der Waals surface area contributed by atoms with Gasteiger partial charge < -0.3 is 16.0 Å². The smallest absolute Gasteiger partial charge is 0.315 e. The molecule has 1 aliphatic rings. The lowest BCUT2D eigenvalue weighted by molar-refractivity contribution is 0.0923. The molecule has 0 saturated heterocycles. The number of aryl methyl sites for hydroxylation is 1. The first kappa shape index (κ1) is 20.1. The van der Waals surface area contributed by atoms with Crippen LogP contribution in [0.1, 0.15) is 47.3 Å². The van der Waals surface area contributed by atoms with E-state index in [1.165, 1.54) is 0 Å². The molecule has 1 aromatic carbocycles. The molecule has 3 N–H and O–H groups in total. The summed E-state index contributed by atoms with van der Waals surface area (Å²) in [5.74, 6) is -0.0808. The largest absolute Gasteiger partial charge is 0.349 e. The zero-order chi connectivity index (χ0) is 19.9. The number of carbonyl (C=O) groups is 2. The lowest BCUT2D eigenvalue weighted by Crippen LogP contribution is -2.46. The number of pyridine rings is 1. The zero-order valence-corrected chi connectivity index (χ0v) is 16.6. The van der Waals surface area contributed by atoms with E-state index in [1.54, 1.807) is 30.5 Å². The van der Waals surface area contributed by atoms with Gasteiger partial charge in [0, 0.05) is 35.5 Å². The highest BCUT2D eigenvalue weighted by molar-refractivity contribution is 6.30. The second kappa shape index (κ2) is 9.55. The van der Waals surface area contributed by atoms with Gasteiger partial charge in [0.25, 0.3) is 5.91 Å². The predicted octanol–water partition coefficient (Wildman–Crippen LogP) is 3.58. The Morgan fingerprint density at radius 1 is 1.04 bits per heavy atom. The SMILES string of the molecule is Cc1ncccc1C(=O)NC1CCC(NC(=O)NCc2ccc(Cl)cc2)CC1. The molecule has 2 aromatic rings. The van der Waals surface area contributed by atoms with E-state index in [4.69, 9.17) is 11.6 Å². The molecule has 1 fully saturated rings. The fourth-order valence-corrected chi connectivity index (χ4v) is 3.52. The summed E-state index contributed by atoms with van der Waals surface area (Å²) in [5, 5.41) is 9.64. The molecule has 0 unspecified atom stereocenters. The lowest BCUT2D eigenvalue weighted by Gasteiger charge is -2.29. The maximum atomic E-state index is 12.4. The van der Waals surface area contributed by atoms with Crippen molar-refractivity contribution in [2.24, 2.45) is 0 Å². The molecule has 3 amide bonds. The highest BCUT2D eigenvalue weighted by Gasteiger charge is 2.24. The Hall–Kier alpha value is -2.60. The van der Waals surface area contributed by atoms with Crippen molar-refractivity contribution >= 4 is 23.5 Å². The summed E-state index contributed by atoms with van der Waals surface area (Å²) >= 11 is 5.86. The molecular formula is C21H25ClN4O2. The third-order valence-electron chi connectivity index (χ3n) is 5.02. The summed E-state index contributed by atoms with van der Waals surface area (Å²) in [4.78, 5) is 28.7. The number of carbonyl (C=O) groups excluding carboxylic acids is 2. The van der Waals surface area contributed by atoms with Crippen molar-refractivity contribution in [3.63, 3.8) is 0 Å². The number of urea groups is 1. The molecule has 1 aliphatic carbocycles. The van der Waals surface area contributed by atoms with Crippen LogP contribution in [0.3, 0.4) is 0 Å². The summed E-state index contributed by atoms with van der Waals surface area (Å²) < 4.78 is 0. The summed E-state index contributed by atoms with van der Waals surface area (Å²) in [5.41, 5.74) is 2.34. The number of nitrogens with zero attached hydrogens (tertiary/aromatic N) is 1. The van der Waals surface area contributed by atoms with Gasteiger partial charge >= 0.3 is 6.03 Å². The molecule has 148 valence electrons. The van der Waals surface area contributed by atoms with Crippen LogP contribution in [0.4, 0.5) is 4.79 Å². The fraction of sp³-hybridized carbons (Fsp3) is 0.381. The molecule has 0 atom stereocenters. The van der Waals surface area contributed by atoms with Crippen molar-refractivity contribution in [1.82, 2.24) is 20.9 Å². The number of amides is 3. The van der Waals surface area contributed by atoms with Crippen LogP contribution in [0, 0.1) is 6.92 Å². The van der Waals surface area contributed by atoms with Gasteiger partial charge in [-0.15, -0.1) is 0 Å². The number of benzene rings is 1. The minimum atomic E-state index is -0.173. The van der Waals surface area contributed by atoms with Crippen LogP contribution in [-0.2, 0) is 6.54 Å². The van der Waals surface area contributed by atoms with Gasteiger partial charge in [-0.25, -0.2) is 4.79 Å². The van der Waals surface area contributed by atoms with Gasteiger partial charge in [0.2, 0.25) is 0 Å². The van der Waals surface area contributed by atoms with E-state index in [9.17, 15) is 9.59 Å². The van der Waals surface area contributed by atoms with E-state index in [0.717, 1.165) is 36.9 Å². The maximum absolute atomic E-state index is 12.4. The molecule has 0 aliphatic heterocycles. The summed E-state index contributed by atoms with van der Waals surface area (Å²) in [7, 11) is 0. The predicted molar refractivity (Wildman–Crippen MR) is 109 cm³/mol. The second-order valence-corrected chi connectivity index (χ2v) is 7.55. The van der Waals surface area contributed by atoms with Crippen molar-refractivity contribution in [3.05, 3.63) is 64.4 Å². The molecule has 6 nitrogen and oxygen atoms in total. The number of hydrogen-bond donors (Lipinski definition) is 3. The van der Waals surface area contributed by atoms with Crippen molar-refractivity contribution in [3.8, 4) is 0 Å². The van der Waals surface area contributed by atoms with Crippen molar-refractivity contribution < 1.29 is 9.59 Å². The molecule has 28 heavy (non-hydrogen) atoms. The third kappa shape index (κ3) is 5.70. The Morgan fingerprint density at radius 2 is 1.68 bits per heavy atom.